The number of carbonyl (C=O) groups is 1. The van der Waals surface area contributed by atoms with Gasteiger partial charge in [-0.05, 0) is 26.0 Å². The Morgan fingerprint density at radius 2 is 2.05 bits per heavy atom. The van der Waals surface area contributed by atoms with Gasteiger partial charge in [0, 0.05) is 6.07 Å². The molecule has 1 aliphatic rings. The van der Waals surface area contributed by atoms with Gasteiger partial charge in [0.05, 0.1) is 11.3 Å². The molecule has 7 heteroatoms. The van der Waals surface area contributed by atoms with Crippen LogP contribution in [0.2, 0.25) is 0 Å². The molecule has 1 heterocycles. The van der Waals surface area contributed by atoms with Crippen LogP contribution in [0.5, 0.6) is 0 Å². The largest absolute Gasteiger partial charge is 0.384 e. The normalized spacial score (nSPS) is 19.0. The molecule has 0 aromatic heterocycles. The minimum absolute atomic E-state index is 0.0208. The van der Waals surface area contributed by atoms with Gasteiger partial charge in [0.2, 0.25) is 0 Å². The molecule has 1 saturated heterocycles. The summed E-state index contributed by atoms with van der Waals surface area (Å²) in [5.74, 6) is 3.31. The second kappa shape index (κ2) is 4.58. The summed E-state index contributed by atoms with van der Waals surface area (Å²) < 4.78 is 36.8. The lowest BCUT2D eigenvalue weighted by atomic mass is 10.1. The topological polar surface area (TPSA) is 74.7 Å². The van der Waals surface area contributed by atoms with Crippen LogP contribution >= 0.6 is 0 Å². The number of benzene rings is 1. The van der Waals surface area contributed by atoms with Crippen molar-refractivity contribution in [3.63, 3.8) is 0 Å². The Labute approximate surface area is 116 Å². The van der Waals surface area contributed by atoms with Crippen molar-refractivity contribution in [3.05, 3.63) is 29.6 Å². The molecule has 0 bridgehead atoms. The molecule has 0 aliphatic carbocycles. The second-order valence-corrected chi connectivity index (χ2v) is 7.04. The Morgan fingerprint density at radius 3 is 2.55 bits per heavy atom. The van der Waals surface area contributed by atoms with E-state index in [1.54, 1.807) is 0 Å². The van der Waals surface area contributed by atoms with Gasteiger partial charge in [0.15, 0.2) is 4.75 Å². The first-order valence-corrected chi connectivity index (χ1v) is 7.16. The van der Waals surface area contributed by atoms with Crippen molar-refractivity contribution < 1.29 is 22.7 Å². The van der Waals surface area contributed by atoms with Crippen molar-refractivity contribution in [3.8, 4) is 11.8 Å². The number of hydrogen-bond acceptors (Lipinski definition) is 4. The van der Waals surface area contributed by atoms with Crippen LogP contribution in [0.4, 0.5) is 10.1 Å². The van der Waals surface area contributed by atoms with Crippen LogP contribution in [0.3, 0.4) is 0 Å². The number of anilines is 1. The summed E-state index contributed by atoms with van der Waals surface area (Å²) in [6.45, 7) is 2.20. The van der Waals surface area contributed by atoms with Gasteiger partial charge in [-0.3, -0.25) is 4.79 Å². The third-order valence-electron chi connectivity index (χ3n) is 3.07. The standard InChI is InChI=1S/C13H12FNO4S/c1-13(2)12(17)15(20(13,18)19)10-6-5-9(4-3-7-16)11(14)8-10/h5-6,8,16H,7H2,1-2H3. The highest BCUT2D eigenvalue weighted by Gasteiger charge is 2.60. The number of sulfonamides is 1. The van der Waals surface area contributed by atoms with Crippen LogP contribution in [0.1, 0.15) is 19.4 Å². The molecule has 1 aliphatic heterocycles. The van der Waals surface area contributed by atoms with Crippen LogP contribution < -0.4 is 4.31 Å². The highest BCUT2D eigenvalue weighted by Crippen LogP contribution is 2.39. The minimum atomic E-state index is -3.81. The molecule has 106 valence electrons. The number of halogens is 1. The van der Waals surface area contributed by atoms with E-state index in [9.17, 15) is 17.6 Å². The van der Waals surface area contributed by atoms with E-state index in [1.807, 2.05) is 0 Å². The Morgan fingerprint density at radius 1 is 1.40 bits per heavy atom. The van der Waals surface area contributed by atoms with Gasteiger partial charge >= 0.3 is 0 Å². The van der Waals surface area contributed by atoms with E-state index in [0.29, 0.717) is 4.31 Å². The number of carbonyl (C=O) groups excluding carboxylic acids is 1. The lowest BCUT2D eigenvalue weighted by Gasteiger charge is -2.42. The van der Waals surface area contributed by atoms with Gasteiger partial charge in [-0.1, -0.05) is 11.8 Å². The molecule has 1 N–H and O–H groups in total. The third kappa shape index (κ3) is 1.88. The first kappa shape index (κ1) is 14.5. The highest BCUT2D eigenvalue weighted by atomic mass is 32.2. The quantitative estimate of drug-likeness (QED) is 0.771. The minimum Gasteiger partial charge on any atom is -0.384 e. The van der Waals surface area contributed by atoms with Crippen LogP contribution in [-0.4, -0.2) is 30.8 Å². The summed E-state index contributed by atoms with van der Waals surface area (Å²) in [5.41, 5.74) is -0.0335. The second-order valence-electron chi connectivity index (χ2n) is 4.71. The predicted molar refractivity (Wildman–Crippen MR) is 70.8 cm³/mol. The van der Waals surface area contributed by atoms with Gasteiger partial charge in [-0.15, -0.1) is 0 Å². The molecule has 0 atom stereocenters. The summed E-state index contributed by atoms with van der Waals surface area (Å²) in [6, 6.07) is 3.50. The number of aliphatic hydroxyl groups is 1. The Bertz CT molecular complexity index is 743. The zero-order valence-electron chi connectivity index (χ0n) is 10.8. The van der Waals surface area contributed by atoms with Gasteiger partial charge < -0.3 is 5.11 Å². The fourth-order valence-corrected chi connectivity index (χ4v) is 3.25. The summed E-state index contributed by atoms with van der Waals surface area (Å²) >= 11 is 0. The number of hydrogen-bond donors (Lipinski definition) is 1. The zero-order valence-corrected chi connectivity index (χ0v) is 11.7. The monoisotopic (exact) mass is 297 g/mol. The third-order valence-corrected chi connectivity index (χ3v) is 5.40. The Kier molecular flexibility index (Phi) is 3.32. The van der Waals surface area contributed by atoms with E-state index in [0.717, 1.165) is 6.07 Å². The smallest absolute Gasteiger partial charge is 0.263 e. The van der Waals surface area contributed by atoms with E-state index < -0.39 is 33.1 Å². The molecule has 5 nitrogen and oxygen atoms in total. The summed E-state index contributed by atoms with van der Waals surface area (Å²) in [5, 5.41) is 8.54. The van der Waals surface area contributed by atoms with E-state index in [-0.39, 0.29) is 11.3 Å². The first-order valence-electron chi connectivity index (χ1n) is 5.72. The van der Waals surface area contributed by atoms with Crippen LogP contribution in [0.25, 0.3) is 0 Å². The van der Waals surface area contributed by atoms with E-state index in [2.05, 4.69) is 11.8 Å². The van der Waals surface area contributed by atoms with Crippen molar-refractivity contribution in [2.45, 2.75) is 18.6 Å². The van der Waals surface area contributed by atoms with E-state index in [1.165, 1.54) is 26.0 Å². The fourth-order valence-electron chi connectivity index (χ4n) is 1.78. The fraction of sp³-hybridized carbons (Fsp3) is 0.308. The highest BCUT2D eigenvalue weighted by molar-refractivity contribution is 7.98. The number of rotatable bonds is 1. The van der Waals surface area contributed by atoms with Crippen LogP contribution in [0, 0.1) is 17.7 Å². The van der Waals surface area contributed by atoms with Gasteiger partial charge in [-0.2, -0.15) is 0 Å². The average Bonchev–Trinajstić information content (AvgIpc) is 2.37. The average molecular weight is 297 g/mol. The maximum atomic E-state index is 13.7. The molecular weight excluding hydrogens is 285 g/mol. The zero-order chi connectivity index (χ0) is 15.1. The lowest BCUT2D eigenvalue weighted by Crippen LogP contribution is -2.67. The van der Waals surface area contributed by atoms with Gasteiger partial charge in [0.1, 0.15) is 12.4 Å². The number of amides is 1. The Balaban J connectivity index is 2.42. The van der Waals surface area contributed by atoms with E-state index >= 15 is 0 Å². The summed E-state index contributed by atoms with van der Waals surface area (Å²) in [7, 11) is -3.81. The summed E-state index contributed by atoms with van der Waals surface area (Å²) in [4.78, 5) is 11.8. The Hall–Kier alpha value is -1.91. The maximum Gasteiger partial charge on any atom is 0.263 e. The molecule has 0 unspecified atom stereocenters. The molecule has 20 heavy (non-hydrogen) atoms. The molecule has 0 saturated carbocycles. The predicted octanol–water partition coefficient (Wildman–Crippen LogP) is 0.625. The molecule has 1 aromatic rings. The maximum absolute atomic E-state index is 13.7. The molecule has 0 spiro atoms. The molecule has 1 fully saturated rings. The lowest BCUT2D eigenvalue weighted by molar-refractivity contribution is -0.120. The molecule has 0 radical (unpaired) electrons. The molecular formula is C13H12FNO4S. The first-order chi connectivity index (χ1) is 9.23. The number of aliphatic hydroxyl groups excluding tert-OH is 1. The summed E-state index contributed by atoms with van der Waals surface area (Å²) in [6.07, 6.45) is 0. The molecule has 1 amide bonds. The van der Waals surface area contributed by atoms with Crippen LogP contribution in [0.15, 0.2) is 18.2 Å². The van der Waals surface area contributed by atoms with Crippen molar-refractivity contribution in [1.29, 1.82) is 0 Å². The van der Waals surface area contributed by atoms with Crippen LogP contribution in [-0.2, 0) is 14.8 Å². The van der Waals surface area contributed by atoms with Crippen molar-refractivity contribution in [1.82, 2.24) is 0 Å². The SMILES string of the molecule is CC1(C)C(=O)N(c2ccc(C#CCO)c(F)c2)S1(=O)=O. The van der Waals surface area contributed by atoms with Crippen molar-refractivity contribution in [2.75, 3.05) is 10.9 Å². The van der Waals surface area contributed by atoms with E-state index in [4.69, 9.17) is 5.11 Å². The molecule has 1 aromatic carbocycles. The van der Waals surface area contributed by atoms with Crippen molar-refractivity contribution in [2.24, 2.45) is 0 Å². The van der Waals surface area contributed by atoms with Gasteiger partial charge in [-0.25, -0.2) is 17.1 Å². The van der Waals surface area contributed by atoms with Crippen molar-refractivity contribution >= 4 is 21.6 Å². The molecule has 2 rings (SSSR count). The number of nitrogens with zero attached hydrogens (tertiary/aromatic N) is 1. The van der Waals surface area contributed by atoms with Gasteiger partial charge in [0.25, 0.3) is 15.9 Å².